The Kier molecular flexibility index (Phi) is 7.79. The average Bonchev–Trinajstić information content (AvgIpc) is 2.92. The molecule has 0 radical (unpaired) electrons. The molecule has 1 fully saturated rings. The summed E-state index contributed by atoms with van der Waals surface area (Å²) in [6.07, 6.45) is 4.84. The summed E-state index contributed by atoms with van der Waals surface area (Å²) in [5, 5.41) is 0.409. The Morgan fingerprint density at radius 2 is 1.76 bits per heavy atom. The topological polar surface area (TPSA) is 79.4 Å². The van der Waals surface area contributed by atoms with E-state index in [-0.39, 0.29) is 30.9 Å². The van der Waals surface area contributed by atoms with Crippen molar-refractivity contribution in [2.45, 2.75) is 38.5 Å². The number of piperidine rings is 1. The number of rotatable bonds is 2. The van der Waals surface area contributed by atoms with E-state index in [1.807, 2.05) is 25.2 Å². The number of aryl methyl sites for hydroxylation is 1. The van der Waals surface area contributed by atoms with Gasteiger partial charge in [0.1, 0.15) is 18.9 Å². The van der Waals surface area contributed by atoms with Crippen molar-refractivity contribution < 1.29 is 23.9 Å². The Bertz CT molecular complexity index is 1210. The maximum Gasteiger partial charge on any atom is 0.265 e. The molecule has 2 aromatic carbocycles. The summed E-state index contributed by atoms with van der Waals surface area (Å²) in [7, 11) is 1.84. The van der Waals surface area contributed by atoms with E-state index in [2.05, 4.69) is 6.07 Å². The van der Waals surface area contributed by atoms with Gasteiger partial charge in [0, 0.05) is 20.1 Å². The largest absolute Gasteiger partial charge is 0.491 e. The number of carbonyl (C=O) groups is 3. The van der Waals surface area contributed by atoms with Crippen LogP contribution in [0.2, 0.25) is 5.02 Å². The number of nitrogens with zero attached hydrogens (tertiary/aromatic N) is 3. The summed E-state index contributed by atoms with van der Waals surface area (Å²) >= 11 is 6.24. The third-order valence-electron chi connectivity index (χ3n) is 8.05. The summed E-state index contributed by atoms with van der Waals surface area (Å²) < 4.78 is 11.5. The molecule has 0 atom stereocenters. The fraction of sp³-hybridized carbons (Fsp3) is 0.483. The molecule has 3 heterocycles. The minimum absolute atomic E-state index is 0.0763. The van der Waals surface area contributed by atoms with Crippen molar-refractivity contribution in [3.05, 3.63) is 53.1 Å². The van der Waals surface area contributed by atoms with E-state index in [1.165, 1.54) is 10.5 Å². The van der Waals surface area contributed by atoms with E-state index in [9.17, 15) is 14.4 Å². The van der Waals surface area contributed by atoms with Gasteiger partial charge in [-0.1, -0.05) is 42.3 Å². The predicted molar refractivity (Wildman–Crippen MR) is 145 cm³/mol. The SMILES string of the molecule is CN1CCOc2ccccc2CCCCC2(CCN(C(=O)CN3C(=O)COc4c(Cl)cccc43)CC2)C1=O. The van der Waals surface area contributed by atoms with Gasteiger partial charge in [0.15, 0.2) is 12.4 Å². The number of hydrogen-bond acceptors (Lipinski definition) is 5. The van der Waals surface area contributed by atoms with Gasteiger partial charge >= 0.3 is 0 Å². The Morgan fingerprint density at radius 1 is 0.974 bits per heavy atom. The van der Waals surface area contributed by atoms with Crippen LogP contribution in [-0.2, 0) is 20.8 Å². The highest BCUT2D eigenvalue weighted by atomic mass is 35.5. The number of hydrogen-bond donors (Lipinski definition) is 0. The van der Waals surface area contributed by atoms with E-state index in [0.29, 0.717) is 55.5 Å². The van der Waals surface area contributed by atoms with Crippen LogP contribution in [0.1, 0.15) is 37.7 Å². The Hall–Kier alpha value is -3.26. The number of likely N-dealkylation sites (tertiary alicyclic amines) is 1. The molecule has 38 heavy (non-hydrogen) atoms. The number of ether oxygens (including phenoxy) is 2. The molecule has 0 aliphatic carbocycles. The van der Waals surface area contributed by atoms with Gasteiger partial charge in [-0.3, -0.25) is 19.3 Å². The Morgan fingerprint density at radius 3 is 2.58 bits per heavy atom. The van der Waals surface area contributed by atoms with Gasteiger partial charge in [0.2, 0.25) is 11.8 Å². The molecule has 0 bridgehead atoms. The van der Waals surface area contributed by atoms with Crippen molar-refractivity contribution >= 4 is 35.0 Å². The Labute approximate surface area is 228 Å². The van der Waals surface area contributed by atoms with Crippen LogP contribution in [0.15, 0.2) is 42.5 Å². The highest BCUT2D eigenvalue weighted by Crippen LogP contribution is 2.40. The van der Waals surface area contributed by atoms with Crippen LogP contribution in [0.4, 0.5) is 5.69 Å². The standard InChI is InChI=1S/C29H34ClN3O5/c1-31-17-18-37-24-11-3-2-7-21(24)8-4-5-12-29(28(31)36)13-15-32(16-14-29)25(34)19-33-23-10-6-9-22(30)27(23)38-20-26(33)35/h2-3,6-7,9-11H,4-5,8,12-20H2,1H3. The quantitative estimate of drug-likeness (QED) is 0.577. The fourth-order valence-corrected chi connectivity index (χ4v) is 6.02. The van der Waals surface area contributed by atoms with E-state index in [0.717, 1.165) is 31.4 Å². The molecule has 8 nitrogen and oxygen atoms in total. The van der Waals surface area contributed by atoms with Crippen LogP contribution >= 0.6 is 11.6 Å². The predicted octanol–water partition coefficient (Wildman–Crippen LogP) is 3.94. The summed E-state index contributed by atoms with van der Waals surface area (Å²) in [6, 6.07) is 13.3. The molecule has 9 heteroatoms. The molecule has 0 unspecified atom stereocenters. The molecule has 1 spiro atoms. The van der Waals surface area contributed by atoms with Crippen LogP contribution < -0.4 is 14.4 Å². The first-order valence-electron chi connectivity index (χ1n) is 13.3. The molecule has 202 valence electrons. The number of likely N-dealkylation sites (N-methyl/N-ethyl adjacent to an activating group) is 1. The molecule has 2 aromatic rings. The van der Waals surface area contributed by atoms with Gasteiger partial charge in [0.25, 0.3) is 5.91 Å². The molecule has 1 saturated heterocycles. The summed E-state index contributed by atoms with van der Waals surface area (Å²) in [4.78, 5) is 44.6. The number of benzene rings is 2. The monoisotopic (exact) mass is 539 g/mol. The molecule has 3 aliphatic rings. The molecular weight excluding hydrogens is 506 g/mol. The third kappa shape index (κ3) is 5.32. The number of halogens is 1. The van der Waals surface area contributed by atoms with Gasteiger partial charge in [-0.25, -0.2) is 0 Å². The normalized spacial score (nSPS) is 20.0. The molecular formula is C29H34ClN3O5. The van der Waals surface area contributed by atoms with Gasteiger partial charge in [-0.2, -0.15) is 0 Å². The number of amides is 3. The van der Waals surface area contributed by atoms with Crippen LogP contribution in [0.3, 0.4) is 0 Å². The smallest absolute Gasteiger partial charge is 0.265 e. The average molecular weight is 540 g/mol. The van der Waals surface area contributed by atoms with Crippen molar-refractivity contribution in [2.75, 3.05) is 51.3 Å². The molecule has 0 saturated carbocycles. The van der Waals surface area contributed by atoms with Crippen LogP contribution in [0.25, 0.3) is 0 Å². The second-order valence-corrected chi connectivity index (χ2v) is 10.8. The zero-order valence-corrected chi connectivity index (χ0v) is 22.5. The maximum absolute atomic E-state index is 13.7. The van der Waals surface area contributed by atoms with Gasteiger partial charge in [0.05, 0.1) is 22.7 Å². The first-order chi connectivity index (χ1) is 18.4. The van der Waals surface area contributed by atoms with Crippen LogP contribution in [0, 0.1) is 5.41 Å². The zero-order valence-electron chi connectivity index (χ0n) is 21.8. The maximum atomic E-state index is 13.7. The minimum Gasteiger partial charge on any atom is -0.491 e. The lowest BCUT2D eigenvalue weighted by Crippen LogP contribution is -2.53. The van der Waals surface area contributed by atoms with Gasteiger partial charge in [-0.05, 0) is 55.9 Å². The fourth-order valence-electron chi connectivity index (χ4n) is 5.79. The third-order valence-corrected chi connectivity index (χ3v) is 8.35. The van der Waals surface area contributed by atoms with Gasteiger partial charge in [-0.15, -0.1) is 0 Å². The zero-order chi connectivity index (χ0) is 26.7. The van der Waals surface area contributed by atoms with Crippen LogP contribution in [0.5, 0.6) is 11.5 Å². The molecule has 3 amide bonds. The lowest BCUT2D eigenvalue weighted by molar-refractivity contribution is -0.148. The molecule has 3 aliphatic heterocycles. The summed E-state index contributed by atoms with van der Waals surface area (Å²) in [6.45, 7) is 1.70. The first-order valence-corrected chi connectivity index (χ1v) is 13.7. The van der Waals surface area contributed by atoms with Crippen molar-refractivity contribution in [1.82, 2.24) is 9.80 Å². The van der Waals surface area contributed by atoms with E-state index >= 15 is 0 Å². The van der Waals surface area contributed by atoms with Crippen molar-refractivity contribution in [3.63, 3.8) is 0 Å². The number of fused-ring (bicyclic) bond motifs is 2. The first kappa shape index (κ1) is 26.4. The highest BCUT2D eigenvalue weighted by molar-refractivity contribution is 6.32. The Balaban J connectivity index is 1.25. The van der Waals surface area contributed by atoms with Crippen molar-refractivity contribution in [2.24, 2.45) is 5.41 Å². The number of carbonyl (C=O) groups excluding carboxylic acids is 3. The summed E-state index contributed by atoms with van der Waals surface area (Å²) in [5.74, 6) is 1.04. The molecule has 0 aromatic heterocycles. The minimum atomic E-state index is -0.487. The van der Waals surface area contributed by atoms with Crippen molar-refractivity contribution in [1.29, 1.82) is 0 Å². The summed E-state index contributed by atoms with van der Waals surface area (Å²) in [5.41, 5.74) is 1.23. The molecule has 0 N–H and O–H groups in total. The van der Waals surface area contributed by atoms with E-state index in [4.69, 9.17) is 21.1 Å². The van der Waals surface area contributed by atoms with E-state index < -0.39 is 5.41 Å². The molecule has 5 rings (SSSR count). The highest BCUT2D eigenvalue weighted by Gasteiger charge is 2.43. The van der Waals surface area contributed by atoms with E-state index in [1.54, 1.807) is 28.0 Å². The van der Waals surface area contributed by atoms with Gasteiger partial charge < -0.3 is 19.3 Å². The lowest BCUT2D eigenvalue weighted by Gasteiger charge is -2.43. The van der Waals surface area contributed by atoms with Crippen molar-refractivity contribution in [3.8, 4) is 11.5 Å². The number of para-hydroxylation sites is 2. The second kappa shape index (κ2) is 11.2. The van der Waals surface area contributed by atoms with Crippen LogP contribution in [-0.4, -0.2) is 74.0 Å². The number of anilines is 1. The second-order valence-electron chi connectivity index (χ2n) is 10.4. The lowest BCUT2D eigenvalue weighted by atomic mass is 9.73.